The van der Waals surface area contributed by atoms with Gasteiger partial charge in [-0.15, -0.1) is 0 Å². The van der Waals surface area contributed by atoms with Crippen molar-refractivity contribution in [2.45, 2.75) is 59.5 Å². The highest BCUT2D eigenvalue weighted by molar-refractivity contribution is 5.79. The zero-order chi connectivity index (χ0) is 15.0. The monoisotopic (exact) mass is 281 g/mol. The maximum atomic E-state index is 5.05. The molecule has 0 radical (unpaired) electrons. The summed E-state index contributed by atoms with van der Waals surface area (Å²) in [6.45, 7) is 8.97. The van der Waals surface area contributed by atoms with Gasteiger partial charge in [0.2, 0.25) is 5.89 Å². The van der Waals surface area contributed by atoms with Crippen LogP contribution in [0.3, 0.4) is 0 Å². The second-order valence-corrected chi connectivity index (χ2v) is 5.53. The fourth-order valence-corrected chi connectivity index (χ4v) is 1.90. The molecule has 6 heteroatoms. The average molecular weight is 281 g/mol. The molecule has 0 saturated carbocycles. The lowest BCUT2D eigenvalue weighted by Crippen LogP contribution is -2.41. The fraction of sp³-hybridized carbons (Fsp3) is 0.786. The van der Waals surface area contributed by atoms with Gasteiger partial charge in [0.1, 0.15) is 0 Å². The number of guanidine groups is 1. The highest BCUT2D eigenvalue weighted by Crippen LogP contribution is 2.08. The molecule has 0 bridgehead atoms. The first-order chi connectivity index (χ1) is 9.51. The van der Waals surface area contributed by atoms with Gasteiger partial charge in [0.15, 0.2) is 11.8 Å². The van der Waals surface area contributed by atoms with Crippen molar-refractivity contribution in [2.75, 3.05) is 7.05 Å². The maximum absolute atomic E-state index is 5.05. The van der Waals surface area contributed by atoms with E-state index in [1.165, 1.54) is 12.8 Å². The molecule has 2 N–H and O–H groups in total. The predicted molar refractivity (Wildman–Crippen MR) is 80.5 cm³/mol. The summed E-state index contributed by atoms with van der Waals surface area (Å²) < 4.78 is 5.05. The molecule has 20 heavy (non-hydrogen) atoms. The van der Waals surface area contributed by atoms with Gasteiger partial charge in [-0.1, -0.05) is 31.8 Å². The second kappa shape index (κ2) is 8.55. The van der Waals surface area contributed by atoms with Gasteiger partial charge in [0.25, 0.3) is 0 Å². The Balaban J connectivity index is 2.28. The topological polar surface area (TPSA) is 75.3 Å². The molecular weight excluding hydrogens is 254 g/mol. The average Bonchev–Trinajstić information content (AvgIpc) is 2.79. The van der Waals surface area contributed by atoms with Crippen molar-refractivity contribution in [3.8, 4) is 0 Å². The van der Waals surface area contributed by atoms with Crippen molar-refractivity contribution in [2.24, 2.45) is 10.9 Å². The van der Waals surface area contributed by atoms with Gasteiger partial charge < -0.3 is 15.2 Å². The third-order valence-corrected chi connectivity index (χ3v) is 3.00. The van der Waals surface area contributed by atoms with E-state index >= 15 is 0 Å². The quantitative estimate of drug-likeness (QED) is 0.592. The summed E-state index contributed by atoms with van der Waals surface area (Å²) in [6, 6.07) is 0.393. The van der Waals surface area contributed by atoms with E-state index in [-0.39, 0.29) is 0 Å². The number of aryl methyl sites for hydroxylation is 1. The van der Waals surface area contributed by atoms with Gasteiger partial charge >= 0.3 is 0 Å². The standard InChI is InChI=1S/C14H27N5O/c1-10(2)7-6-8-11(3)17-14(15-5)16-9-13-18-12(4)19-20-13/h10-11H,6-9H2,1-5H3,(H2,15,16,17). The maximum Gasteiger partial charge on any atom is 0.246 e. The summed E-state index contributed by atoms with van der Waals surface area (Å²) in [5, 5.41) is 10.3. The lowest BCUT2D eigenvalue weighted by atomic mass is 10.0. The minimum absolute atomic E-state index is 0.393. The van der Waals surface area contributed by atoms with E-state index in [1.54, 1.807) is 14.0 Å². The highest BCUT2D eigenvalue weighted by Gasteiger charge is 2.07. The Bertz CT molecular complexity index is 413. The molecule has 0 aliphatic heterocycles. The van der Waals surface area contributed by atoms with Crippen LogP contribution in [0.25, 0.3) is 0 Å². The normalized spacial score (nSPS) is 13.6. The Morgan fingerprint density at radius 1 is 1.30 bits per heavy atom. The van der Waals surface area contributed by atoms with Crippen molar-refractivity contribution in [3.05, 3.63) is 11.7 Å². The molecule has 1 heterocycles. The highest BCUT2D eigenvalue weighted by atomic mass is 16.5. The zero-order valence-corrected chi connectivity index (χ0v) is 13.2. The van der Waals surface area contributed by atoms with E-state index in [0.29, 0.717) is 24.3 Å². The van der Waals surface area contributed by atoms with Crippen LogP contribution in [-0.2, 0) is 6.54 Å². The Morgan fingerprint density at radius 2 is 2.05 bits per heavy atom. The van der Waals surface area contributed by atoms with Crippen molar-refractivity contribution < 1.29 is 4.52 Å². The van der Waals surface area contributed by atoms with E-state index in [4.69, 9.17) is 4.52 Å². The van der Waals surface area contributed by atoms with Gasteiger partial charge in [-0.25, -0.2) is 0 Å². The number of hydrogen-bond acceptors (Lipinski definition) is 4. The van der Waals surface area contributed by atoms with Crippen LogP contribution in [-0.4, -0.2) is 29.2 Å². The molecule has 1 aromatic rings. The van der Waals surface area contributed by atoms with Gasteiger partial charge in [-0.05, 0) is 26.2 Å². The molecule has 0 saturated heterocycles. The summed E-state index contributed by atoms with van der Waals surface area (Å²) >= 11 is 0. The molecule has 0 spiro atoms. The SMILES string of the molecule is CN=C(NCc1nc(C)no1)NC(C)CCCC(C)C. The van der Waals surface area contributed by atoms with E-state index in [0.717, 1.165) is 18.3 Å². The lowest BCUT2D eigenvalue weighted by Gasteiger charge is -2.17. The summed E-state index contributed by atoms with van der Waals surface area (Å²) in [5.74, 6) is 2.74. The van der Waals surface area contributed by atoms with Gasteiger partial charge in [0.05, 0.1) is 6.54 Å². The molecule has 1 atom stereocenters. The van der Waals surface area contributed by atoms with Crippen LogP contribution in [0.1, 0.15) is 51.7 Å². The van der Waals surface area contributed by atoms with Crippen molar-refractivity contribution in [1.29, 1.82) is 0 Å². The van der Waals surface area contributed by atoms with Crippen LogP contribution >= 0.6 is 0 Å². The van der Waals surface area contributed by atoms with E-state index in [1.807, 2.05) is 0 Å². The van der Waals surface area contributed by atoms with Gasteiger partial charge in [-0.3, -0.25) is 4.99 Å². The number of aromatic nitrogens is 2. The molecule has 114 valence electrons. The van der Waals surface area contributed by atoms with Crippen LogP contribution in [0, 0.1) is 12.8 Å². The van der Waals surface area contributed by atoms with Crippen LogP contribution in [0.15, 0.2) is 9.52 Å². The Morgan fingerprint density at radius 3 is 2.60 bits per heavy atom. The Kier molecular flexibility index (Phi) is 7.04. The third kappa shape index (κ3) is 6.54. The molecule has 6 nitrogen and oxygen atoms in total. The van der Waals surface area contributed by atoms with Crippen LogP contribution in [0.2, 0.25) is 0 Å². The van der Waals surface area contributed by atoms with Gasteiger partial charge in [0, 0.05) is 13.1 Å². The minimum Gasteiger partial charge on any atom is -0.354 e. The Labute approximate surface area is 121 Å². The smallest absolute Gasteiger partial charge is 0.246 e. The summed E-state index contributed by atoms with van der Waals surface area (Å²) in [7, 11) is 1.76. The molecule has 0 aliphatic rings. The number of hydrogen-bond donors (Lipinski definition) is 2. The van der Waals surface area contributed by atoms with Crippen molar-refractivity contribution >= 4 is 5.96 Å². The summed E-state index contributed by atoms with van der Waals surface area (Å²) in [5.41, 5.74) is 0. The molecule has 0 aliphatic carbocycles. The number of nitrogens with zero attached hydrogens (tertiary/aromatic N) is 3. The molecule has 1 aromatic heterocycles. The first kappa shape index (κ1) is 16.5. The third-order valence-electron chi connectivity index (χ3n) is 3.00. The fourth-order valence-electron chi connectivity index (χ4n) is 1.90. The van der Waals surface area contributed by atoms with Gasteiger partial charge in [-0.2, -0.15) is 4.98 Å². The van der Waals surface area contributed by atoms with E-state index in [2.05, 4.69) is 46.5 Å². The number of rotatable bonds is 7. The molecule has 1 rings (SSSR count). The largest absolute Gasteiger partial charge is 0.354 e. The summed E-state index contributed by atoms with van der Waals surface area (Å²) in [4.78, 5) is 8.34. The van der Waals surface area contributed by atoms with E-state index < -0.39 is 0 Å². The van der Waals surface area contributed by atoms with Crippen LogP contribution in [0.4, 0.5) is 0 Å². The Hall–Kier alpha value is -1.59. The van der Waals surface area contributed by atoms with Crippen molar-refractivity contribution in [1.82, 2.24) is 20.8 Å². The van der Waals surface area contributed by atoms with Crippen molar-refractivity contribution in [3.63, 3.8) is 0 Å². The minimum atomic E-state index is 0.393. The first-order valence-corrected chi connectivity index (χ1v) is 7.27. The predicted octanol–water partition coefficient (Wildman–Crippen LogP) is 2.26. The number of aliphatic imine (C=N–C) groups is 1. The molecule has 0 aromatic carbocycles. The molecule has 1 unspecified atom stereocenters. The number of nitrogens with one attached hydrogen (secondary N) is 2. The first-order valence-electron chi connectivity index (χ1n) is 7.27. The van der Waals surface area contributed by atoms with Crippen LogP contribution < -0.4 is 10.6 Å². The summed E-state index contributed by atoms with van der Waals surface area (Å²) in [6.07, 6.45) is 3.63. The zero-order valence-electron chi connectivity index (χ0n) is 13.2. The van der Waals surface area contributed by atoms with E-state index in [9.17, 15) is 0 Å². The second-order valence-electron chi connectivity index (χ2n) is 5.53. The van der Waals surface area contributed by atoms with Crippen LogP contribution in [0.5, 0.6) is 0 Å². The molecular formula is C14H27N5O. The molecule has 0 fully saturated rings. The lowest BCUT2D eigenvalue weighted by molar-refractivity contribution is 0.371. The molecule has 0 amide bonds.